The van der Waals surface area contributed by atoms with E-state index in [1.165, 1.54) is 0 Å². The number of methoxy groups -OCH3 is 1. The fourth-order valence-electron chi connectivity index (χ4n) is 6.09. The molecule has 2 aliphatic heterocycles. The van der Waals surface area contributed by atoms with Crippen LogP contribution in [0.25, 0.3) is 28.2 Å². The lowest BCUT2D eigenvalue weighted by molar-refractivity contribution is -0.119. The maximum Gasteiger partial charge on any atom is 0.220 e. The number of β-amino-alcohol motifs (C(OH)–C–C–N with tert-alkyl or cyclic N) is 1. The molecule has 0 spiro atoms. The number of benzene rings is 1. The Hall–Kier alpha value is -3.47. The largest absolute Gasteiger partial charge is 0.481 e. The van der Waals surface area contributed by atoms with Gasteiger partial charge in [0.1, 0.15) is 0 Å². The minimum absolute atomic E-state index is 0.103. The number of hydrogen-bond acceptors (Lipinski definition) is 7. The fraction of sp³-hybridized carbons (Fsp3) is 0.364. The van der Waals surface area contributed by atoms with Crippen LogP contribution in [-0.2, 0) is 17.9 Å². The average molecular weight is 636 g/mol. The van der Waals surface area contributed by atoms with Gasteiger partial charge in [-0.15, -0.1) is 0 Å². The highest BCUT2D eigenvalue weighted by molar-refractivity contribution is 6.38. The van der Waals surface area contributed by atoms with Gasteiger partial charge < -0.3 is 25.0 Å². The van der Waals surface area contributed by atoms with Gasteiger partial charge in [0.2, 0.25) is 11.8 Å². The Morgan fingerprint density at radius 3 is 2.61 bits per heavy atom. The first-order chi connectivity index (χ1) is 21.1. The quantitative estimate of drug-likeness (QED) is 0.221. The molecule has 44 heavy (non-hydrogen) atoms. The van der Waals surface area contributed by atoms with Gasteiger partial charge in [-0.2, -0.15) is 0 Å². The van der Waals surface area contributed by atoms with Gasteiger partial charge in [0, 0.05) is 85.5 Å². The second-order valence-corrected chi connectivity index (χ2v) is 12.7. The first kappa shape index (κ1) is 30.6. The zero-order chi connectivity index (χ0) is 31.0. The Kier molecular flexibility index (Phi) is 8.68. The number of halogens is 2. The molecule has 1 aromatic carbocycles. The van der Waals surface area contributed by atoms with Crippen LogP contribution in [0.5, 0.6) is 5.88 Å². The number of likely N-dealkylation sites (tertiary alicyclic amines) is 1. The van der Waals surface area contributed by atoms with Crippen molar-refractivity contribution in [1.82, 2.24) is 30.1 Å². The molecular formula is C33H36Cl2N6O3. The smallest absolute Gasteiger partial charge is 0.220 e. The number of aliphatic hydroxyl groups is 1. The van der Waals surface area contributed by atoms with Gasteiger partial charge in [-0.3, -0.25) is 9.69 Å². The van der Waals surface area contributed by atoms with Crippen molar-refractivity contribution in [1.29, 1.82) is 0 Å². The van der Waals surface area contributed by atoms with Crippen molar-refractivity contribution in [2.75, 3.05) is 26.7 Å². The van der Waals surface area contributed by atoms with Crippen LogP contribution in [0.15, 0.2) is 54.9 Å². The van der Waals surface area contributed by atoms with Crippen LogP contribution in [-0.4, -0.2) is 68.8 Å². The second kappa shape index (κ2) is 12.5. The van der Waals surface area contributed by atoms with Crippen LogP contribution < -0.4 is 15.4 Å². The summed E-state index contributed by atoms with van der Waals surface area (Å²) in [5, 5.41) is 17.6. The third-order valence-electron chi connectivity index (χ3n) is 8.31. The van der Waals surface area contributed by atoms with Crippen molar-refractivity contribution in [3.8, 4) is 34.1 Å². The molecule has 4 aromatic rings. The molecule has 2 saturated heterocycles. The van der Waals surface area contributed by atoms with E-state index in [1.807, 2.05) is 54.1 Å². The molecule has 2 fully saturated rings. The van der Waals surface area contributed by atoms with Crippen molar-refractivity contribution >= 4 is 29.1 Å². The van der Waals surface area contributed by atoms with E-state index in [4.69, 9.17) is 32.9 Å². The highest BCUT2D eigenvalue weighted by atomic mass is 35.5. The summed E-state index contributed by atoms with van der Waals surface area (Å²) in [6, 6.07) is 13.8. The molecule has 1 amide bonds. The molecule has 0 unspecified atom stereocenters. The number of pyridine rings is 2. The Labute approximate surface area is 267 Å². The first-order valence-corrected chi connectivity index (χ1v) is 15.5. The maximum atomic E-state index is 11.5. The normalized spacial score (nSPS) is 17.9. The summed E-state index contributed by atoms with van der Waals surface area (Å²) in [5.41, 5.74) is 5.44. The summed E-state index contributed by atoms with van der Waals surface area (Å²) in [6.07, 6.45) is 5.14. The molecule has 5 heterocycles. The topological polar surface area (TPSA) is 105 Å². The number of aryl methyl sites for hydroxylation is 1. The maximum absolute atomic E-state index is 11.5. The number of nitrogens with one attached hydrogen (secondary N) is 2. The van der Waals surface area contributed by atoms with Crippen molar-refractivity contribution < 1.29 is 14.6 Å². The number of carbonyl (C=O) groups excluding carboxylic acids is 1. The second-order valence-electron chi connectivity index (χ2n) is 11.9. The van der Waals surface area contributed by atoms with Crippen molar-refractivity contribution in [2.45, 2.75) is 51.4 Å². The van der Waals surface area contributed by atoms with Crippen molar-refractivity contribution in [3.63, 3.8) is 0 Å². The van der Waals surface area contributed by atoms with Gasteiger partial charge in [0.15, 0.2) is 5.82 Å². The SMILES string of the molecule is COc1nc(-c2cccc(-c3ccnc(-n4ccc(C)c4CN4CC(C)(O)C4)c3Cl)c2Cl)ccc1CNC[C@@H]1CCC(=O)N1. The van der Waals surface area contributed by atoms with Crippen LogP contribution in [0.1, 0.15) is 36.6 Å². The summed E-state index contributed by atoms with van der Waals surface area (Å²) in [6.45, 7) is 7.10. The lowest BCUT2D eigenvalue weighted by Gasteiger charge is -2.44. The van der Waals surface area contributed by atoms with Gasteiger partial charge in [0.05, 0.1) is 28.5 Å². The average Bonchev–Trinajstić information content (AvgIpc) is 3.57. The van der Waals surface area contributed by atoms with Crippen LogP contribution >= 0.6 is 23.2 Å². The zero-order valence-electron chi connectivity index (χ0n) is 25.0. The fourth-order valence-corrected chi connectivity index (χ4v) is 6.72. The molecule has 11 heteroatoms. The molecule has 2 aliphatic rings. The Morgan fingerprint density at radius 2 is 1.89 bits per heavy atom. The predicted octanol–water partition coefficient (Wildman–Crippen LogP) is 5.16. The van der Waals surface area contributed by atoms with E-state index in [1.54, 1.807) is 13.3 Å². The number of nitrogens with zero attached hydrogens (tertiary/aromatic N) is 4. The number of aromatic nitrogens is 3. The van der Waals surface area contributed by atoms with Gasteiger partial charge in [-0.1, -0.05) is 47.5 Å². The third kappa shape index (κ3) is 6.20. The molecule has 3 N–H and O–H groups in total. The number of ether oxygens (including phenoxy) is 1. The number of rotatable bonds is 10. The predicted molar refractivity (Wildman–Crippen MR) is 172 cm³/mol. The standard InChI is InChI=1S/C33H36Cl2N6O3/c1-20-12-14-41(27(20)17-40-18-33(2,43)19-40)31-30(35)24(11-13-37-31)23-5-4-6-25(29(23)34)26-9-7-21(32(39-26)44-3)15-36-16-22-8-10-28(42)38-22/h4-7,9,11-14,22,36,43H,8,10,15-19H2,1-3H3,(H,38,42)/t22-/m0/s1. The van der Waals surface area contributed by atoms with E-state index in [0.717, 1.165) is 39.9 Å². The zero-order valence-corrected chi connectivity index (χ0v) is 26.5. The summed E-state index contributed by atoms with van der Waals surface area (Å²) >= 11 is 14.1. The molecular weight excluding hydrogens is 599 g/mol. The lowest BCUT2D eigenvalue weighted by atomic mass is 9.96. The molecule has 0 bridgehead atoms. The van der Waals surface area contributed by atoms with E-state index in [0.29, 0.717) is 66.6 Å². The van der Waals surface area contributed by atoms with Gasteiger partial charge in [0.25, 0.3) is 0 Å². The minimum Gasteiger partial charge on any atom is -0.481 e. The van der Waals surface area contributed by atoms with E-state index in [-0.39, 0.29) is 11.9 Å². The Morgan fingerprint density at radius 1 is 1.11 bits per heavy atom. The first-order valence-electron chi connectivity index (χ1n) is 14.7. The van der Waals surface area contributed by atoms with Crippen molar-refractivity contribution in [3.05, 3.63) is 81.7 Å². The highest BCUT2D eigenvalue weighted by Gasteiger charge is 2.37. The summed E-state index contributed by atoms with van der Waals surface area (Å²) < 4.78 is 7.66. The van der Waals surface area contributed by atoms with Crippen LogP contribution in [0, 0.1) is 6.92 Å². The van der Waals surface area contributed by atoms with Crippen LogP contribution in [0.2, 0.25) is 10.0 Å². The van der Waals surface area contributed by atoms with Crippen LogP contribution in [0.4, 0.5) is 0 Å². The Balaban J connectivity index is 1.26. The molecule has 6 rings (SSSR count). The molecule has 0 saturated carbocycles. The summed E-state index contributed by atoms with van der Waals surface area (Å²) in [7, 11) is 1.60. The van der Waals surface area contributed by atoms with Gasteiger partial charge in [-0.05, 0) is 44.0 Å². The monoisotopic (exact) mass is 634 g/mol. The molecule has 0 radical (unpaired) electrons. The molecule has 1 atom stereocenters. The molecule has 9 nitrogen and oxygen atoms in total. The van der Waals surface area contributed by atoms with Gasteiger partial charge >= 0.3 is 0 Å². The van der Waals surface area contributed by atoms with E-state index >= 15 is 0 Å². The van der Waals surface area contributed by atoms with E-state index in [2.05, 4.69) is 33.5 Å². The summed E-state index contributed by atoms with van der Waals surface area (Å²) in [4.78, 5) is 23.1. The number of hydrogen-bond donors (Lipinski definition) is 3. The Bertz CT molecular complexity index is 1700. The molecule has 0 aliphatic carbocycles. The lowest BCUT2D eigenvalue weighted by Crippen LogP contribution is -2.59. The van der Waals surface area contributed by atoms with Crippen molar-refractivity contribution in [2.24, 2.45) is 0 Å². The molecule has 230 valence electrons. The minimum atomic E-state index is -0.644. The van der Waals surface area contributed by atoms with Crippen LogP contribution in [0.3, 0.4) is 0 Å². The highest BCUT2D eigenvalue weighted by Crippen LogP contribution is 2.41. The number of carbonyl (C=O) groups is 1. The van der Waals surface area contributed by atoms with Gasteiger partial charge in [-0.25, -0.2) is 9.97 Å². The van der Waals surface area contributed by atoms with E-state index in [9.17, 15) is 9.90 Å². The third-order valence-corrected chi connectivity index (χ3v) is 9.09. The number of amides is 1. The summed E-state index contributed by atoms with van der Waals surface area (Å²) in [5.74, 6) is 1.23. The van der Waals surface area contributed by atoms with E-state index < -0.39 is 5.60 Å². The molecule has 3 aromatic heterocycles.